The average Bonchev–Trinajstić information content (AvgIpc) is 3.29. The summed E-state index contributed by atoms with van der Waals surface area (Å²) in [5, 5.41) is 4.22. The summed E-state index contributed by atoms with van der Waals surface area (Å²) in [6, 6.07) is 12.7. The summed E-state index contributed by atoms with van der Waals surface area (Å²) in [5.74, 6) is 0. The van der Waals surface area contributed by atoms with Crippen molar-refractivity contribution in [3.8, 4) is 10.4 Å². The average molecular weight is 322 g/mol. The van der Waals surface area contributed by atoms with Crippen molar-refractivity contribution in [1.29, 1.82) is 0 Å². The second kappa shape index (κ2) is 5.99. The predicted molar refractivity (Wildman–Crippen MR) is 95.9 cm³/mol. The Morgan fingerprint density at radius 1 is 0.955 bits per heavy atom. The summed E-state index contributed by atoms with van der Waals surface area (Å²) in [5.41, 5.74) is 4.52. The molecule has 0 bridgehead atoms. The van der Waals surface area contributed by atoms with Crippen LogP contribution in [-0.4, -0.2) is 17.2 Å². The molecule has 3 aromatic heterocycles. The zero-order chi connectivity index (χ0) is 14.8. The maximum Gasteiger partial charge on any atom is 0.0888 e. The van der Waals surface area contributed by atoms with Crippen molar-refractivity contribution < 1.29 is 0 Å². The van der Waals surface area contributed by atoms with E-state index in [4.69, 9.17) is 0 Å². The molecule has 3 aromatic rings. The molecule has 1 aliphatic heterocycles. The Morgan fingerprint density at radius 2 is 1.77 bits per heavy atom. The van der Waals surface area contributed by atoms with Crippen LogP contribution in [0.2, 0.25) is 0 Å². The van der Waals surface area contributed by atoms with E-state index < -0.39 is 0 Å². The Labute approximate surface area is 137 Å². The minimum atomic E-state index is 0.837. The first-order chi connectivity index (χ1) is 10.9. The van der Waals surface area contributed by atoms with Crippen LogP contribution < -0.4 is 0 Å². The molecule has 2 nitrogen and oxygen atoms in total. The van der Waals surface area contributed by atoms with E-state index >= 15 is 0 Å². The van der Waals surface area contributed by atoms with Gasteiger partial charge in [-0.05, 0) is 58.7 Å². The Kier molecular flexibility index (Phi) is 3.70. The number of pyridine rings is 1. The van der Waals surface area contributed by atoms with Crippen molar-refractivity contribution >= 4 is 34.0 Å². The fourth-order valence-electron chi connectivity index (χ4n) is 2.56. The quantitative estimate of drug-likeness (QED) is 0.655. The molecule has 0 atom stereocenters. The topological polar surface area (TPSA) is 25.2 Å². The minimum absolute atomic E-state index is 0.837. The number of aliphatic imine (C=N–C) groups is 1. The molecular weight excluding hydrogens is 308 g/mol. The SMILES string of the molecule is C1=C(c2cccs2)CCN=C1c1cc(-c2cccs2)ccn1. The first-order valence-corrected chi connectivity index (χ1v) is 8.95. The molecule has 0 saturated carbocycles. The molecule has 0 unspecified atom stereocenters. The molecule has 0 amide bonds. The number of thiophene rings is 2. The van der Waals surface area contributed by atoms with Gasteiger partial charge in [-0.25, -0.2) is 0 Å². The second-order valence-corrected chi connectivity index (χ2v) is 6.97. The van der Waals surface area contributed by atoms with E-state index in [1.807, 2.05) is 6.20 Å². The highest BCUT2D eigenvalue weighted by Gasteiger charge is 2.13. The van der Waals surface area contributed by atoms with Crippen LogP contribution >= 0.6 is 22.7 Å². The third-order valence-corrected chi connectivity index (χ3v) is 5.50. The van der Waals surface area contributed by atoms with Crippen molar-refractivity contribution in [2.24, 2.45) is 4.99 Å². The van der Waals surface area contributed by atoms with Gasteiger partial charge in [0.25, 0.3) is 0 Å². The maximum absolute atomic E-state index is 4.67. The van der Waals surface area contributed by atoms with E-state index in [1.54, 1.807) is 22.7 Å². The van der Waals surface area contributed by atoms with E-state index in [-0.39, 0.29) is 0 Å². The summed E-state index contributed by atoms with van der Waals surface area (Å²) >= 11 is 3.53. The van der Waals surface area contributed by atoms with Gasteiger partial charge >= 0.3 is 0 Å². The van der Waals surface area contributed by atoms with E-state index in [0.29, 0.717) is 0 Å². The monoisotopic (exact) mass is 322 g/mol. The number of nitrogens with zero attached hydrogens (tertiary/aromatic N) is 2. The Hall–Kier alpha value is -2.04. The molecule has 4 heterocycles. The Bertz CT molecular complexity index is 828. The van der Waals surface area contributed by atoms with Crippen LogP contribution in [-0.2, 0) is 0 Å². The van der Waals surface area contributed by atoms with E-state index in [2.05, 4.69) is 63.2 Å². The molecule has 0 aromatic carbocycles. The van der Waals surface area contributed by atoms with E-state index in [1.165, 1.54) is 20.9 Å². The van der Waals surface area contributed by atoms with Crippen LogP contribution in [0.25, 0.3) is 16.0 Å². The summed E-state index contributed by atoms with van der Waals surface area (Å²) in [6.45, 7) is 0.837. The molecule has 0 spiro atoms. The Morgan fingerprint density at radius 3 is 2.55 bits per heavy atom. The molecule has 0 fully saturated rings. The number of hydrogen-bond donors (Lipinski definition) is 0. The van der Waals surface area contributed by atoms with Crippen molar-refractivity contribution in [3.05, 3.63) is 70.0 Å². The second-order valence-electron chi connectivity index (χ2n) is 5.07. The lowest BCUT2D eigenvalue weighted by molar-refractivity contribution is 1.01. The van der Waals surface area contributed by atoms with Gasteiger partial charge in [-0.15, -0.1) is 22.7 Å². The molecular formula is C18H14N2S2. The van der Waals surface area contributed by atoms with E-state index in [0.717, 1.165) is 24.4 Å². The van der Waals surface area contributed by atoms with Crippen molar-refractivity contribution in [2.45, 2.75) is 6.42 Å². The van der Waals surface area contributed by atoms with Crippen molar-refractivity contribution in [1.82, 2.24) is 4.98 Å². The lowest BCUT2D eigenvalue weighted by atomic mass is 10.0. The molecule has 22 heavy (non-hydrogen) atoms. The van der Waals surface area contributed by atoms with Gasteiger partial charge in [-0.3, -0.25) is 9.98 Å². The fraction of sp³-hybridized carbons (Fsp3) is 0.111. The van der Waals surface area contributed by atoms with Gasteiger partial charge in [0, 0.05) is 22.5 Å². The van der Waals surface area contributed by atoms with Crippen LogP contribution in [0.1, 0.15) is 17.0 Å². The smallest absolute Gasteiger partial charge is 0.0888 e. The molecule has 0 aliphatic carbocycles. The van der Waals surface area contributed by atoms with Gasteiger partial charge in [0.15, 0.2) is 0 Å². The standard InChI is InChI=1S/C18H14N2S2/c1-3-17(21-9-1)13-5-7-19-15(11-13)16-12-14(6-8-20-16)18-4-2-10-22-18/h1-5,7,9-12H,6,8H2. The van der Waals surface area contributed by atoms with Crippen molar-refractivity contribution in [2.75, 3.05) is 6.54 Å². The van der Waals surface area contributed by atoms with Gasteiger partial charge in [-0.1, -0.05) is 12.1 Å². The first-order valence-electron chi connectivity index (χ1n) is 7.19. The van der Waals surface area contributed by atoms with Crippen molar-refractivity contribution in [3.63, 3.8) is 0 Å². The molecule has 4 rings (SSSR count). The zero-order valence-electron chi connectivity index (χ0n) is 11.9. The third-order valence-electron chi connectivity index (χ3n) is 3.64. The van der Waals surface area contributed by atoms with Crippen LogP contribution in [0.4, 0.5) is 0 Å². The fourth-order valence-corrected chi connectivity index (χ4v) is 4.05. The first kappa shape index (κ1) is 13.6. The number of rotatable bonds is 3. The van der Waals surface area contributed by atoms with Crippen LogP contribution in [0, 0.1) is 0 Å². The molecule has 0 N–H and O–H groups in total. The van der Waals surface area contributed by atoms with Gasteiger partial charge in [0.05, 0.1) is 11.4 Å². The van der Waals surface area contributed by atoms with E-state index in [9.17, 15) is 0 Å². The zero-order valence-corrected chi connectivity index (χ0v) is 13.5. The van der Waals surface area contributed by atoms with Gasteiger partial charge in [0.2, 0.25) is 0 Å². The highest BCUT2D eigenvalue weighted by molar-refractivity contribution is 7.13. The predicted octanol–water partition coefficient (Wildman–Crippen LogP) is 5.15. The van der Waals surface area contributed by atoms with Crippen LogP contribution in [0.5, 0.6) is 0 Å². The number of aromatic nitrogens is 1. The summed E-state index contributed by atoms with van der Waals surface area (Å²) in [7, 11) is 0. The molecule has 4 heteroatoms. The van der Waals surface area contributed by atoms with Gasteiger partial charge < -0.3 is 0 Å². The number of dihydropyridines is 1. The van der Waals surface area contributed by atoms with Crippen LogP contribution in [0.15, 0.2) is 64.4 Å². The Balaban J connectivity index is 1.70. The van der Waals surface area contributed by atoms with Gasteiger partial charge in [0.1, 0.15) is 0 Å². The maximum atomic E-state index is 4.67. The summed E-state index contributed by atoms with van der Waals surface area (Å²) in [6.07, 6.45) is 5.07. The lowest BCUT2D eigenvalue weighted by Gasteiger charge is -2.12. The molecule has 0 radical (unpaired) electrons. The molecule has 0 saturated heterocycles. The largest absolute Gasteiger partial charge is 0.283 e. The highest BCUT2D eigenvalue weighted by atomic mass is 32.1. The van der Waals surface area contributed by atoms with Gasteiger partial charge in [-0.2, -0.15) is 0 Å². The molecule has 108 valence electrons. The highest BCUT2D eigenvalue weighted by Crippen LogP contribution is 2.28. The molecule has 1 aliphatic rings. The summed E-state index contributed by atoms with van der Waals surface area (Å²) in [4.78, 5) is 11.8. The summed E-state index contributed by atoms with van der Waals surface area (Å²) < 4.78 is 0. The number of allylic oxidation sites excluding steroid dienone is 1. The number of hydrogen-bond acceptors (Lipinski definition) is 4. The third kappa shape index (κ3) is 2.67. The lowest BCUT2D eigenvalue weighted by Crippen LogP contribution is -2.07. The minimum Gasteiger partial charge on any atom is -0.283 e. The van der Waals surface area contributed by atoms with Crippen LogP contribution in [0.3, 0.4) is 0 Å². The normalized spacial score (nSPS) is 14.5.